The molecular weight excluding hydrogens is 281 g/mol. The Kier molecular flexibility index (Phi) is 4.18. The topological polar surface area (TPSA) is 57.2 Å². The lowest BCUT2D eigenvalue weighted by Gasteiger charge is -2.46. The molecule has 0 bridgehead atoms. The summed E-state index contributed by atoms with van der Waals surface area (Å²) in [4.78, 5) is 0.0106. The number of likely N-dealkylation sites (tertiary alicyclic amines) is 1. The molecule has 1 aromatic carbocycles. The minimum Gasteiger partial charge on any atom is -0.633 e. The zero-order valence-electron chi connectivity index (χ0n) is 11.8. The maximum absolute atomic E-state index is 13.6. The average molecular weight is 301 g/mol. The highest BCUT2D eigenvalue weighted by Gasteiger charge is 2.27. The SMILES string of the molecule is CC[N+]1([O-])CCC(c2cc(F)cc(S(C)(=O)=O)c2)CC1. The maximum atomic E-state index is 13.6. The first kappa shape index (κ1) is 15.4. The first-order chi connectivity index (χ1) is 9.23. The van der Waals surface area contributed by atoms with Crippen molar-refractivity contribution in [3.8, 4) is 0 Å². The van der Waals surface area contributed by atoms with Crippen LogP contribution in [0.15, 0.2) is 23.1 Å². The number of hydroxylamine groups is 3. The van der Waals surface area contributed by atoms with Gasteiger partial charge in [-0.05, 0) is 36.6 Å². The number of sulfone groups is 1. The van der Waals surface area contributed by atoms with Crippen LogP contribution in [0.3, 0.4) is 0 Å². The van der Waals surface area contributed by atoms with Crippen molar-refractivity contribution in [2.75, 3.05) is 25.9 Å². The van der Waals surface area contributed by atoms with Crippen molar-refractivity contribution in [2.24, 2.45) is 0 Å². The molecule has 1 aliphatic rings. The first-order valence-electron chi connectivity index (χ1n) is 6.81. The van der Waals surface area contributed by atoms with Crippen LogP contribution in [-0.2, 0) is 9.84 Å². The average Bonchev–Trinajstić information content (AvgIpc) is 2.38. The fourth-order valence-corrected chi connectivity index (χ4v) is 3.40. The van der Waals surface area contributed by atoms with Crippen LogP contribution >= 0.6 is 0 Å². The minimum atomic E-state index is -3.42. The zero-order valence-corrected chi connectivity index (χ0v) is 12.6. The maximum Gasteiger partial charge on any atom is 0.175 e. The van der Waals surface area contributed by atoms with Gasteiger partial charge in [0.2, 0.25) is 0 Å². The number of nitrogens with zero attached hydrogens (tertiary/aromatic N) is 1. The lowest BCUT2D eigenvalue weighted by molar-refractivity contribution is -0.884. The third-order valence-electron chi connectivity index (χ3n) is 4.14. The number of rotatable bonds is 3. The van der Waals surface area contributed by atoms with E-state index in [4.69, 9.17) is 0 Å². The quantitative estimate of drug-likeness (QED) is 0.636. The van der Waals surface area contributed by atoms with E-state index in [1.165, 1.54) is 6.07 Å². The Morgan fingerprint density at radius 2 is 1.90 bits per heavy atom. The molecule has 0 aromatic heterocycles. The monoisotopic (exact) mass is 301 g/mol. The molecule has 0 unspecified atom stereocenters. The Hall–Kier alpha value is -0.980. The van der Waals surface area contributed by atoms with Gasteiger partial charge < -0.3 is 9.85 Å². The van der Waals surface area contributed by atoms with Crippen molar-refractivity contribution in [3.63, 3.8) is 0 Å². The van der Waals surface area contributed by atoms with Gasteiger partial charge in [0.15, 0.2) is 9.84 Å². The van der Waals surface area contributed by atoms with Gasteiger partial charge in [-0.25, -0.2) is 12.8 Å². The fourth-order valence-electron chi connectivity index (χ4n) is 2.72. The summed E-state index contributed by atoms with van der Waals surface area (Å²) in [5.41, 5.74) is 0.688. The highest BCUT2D eigenvalue weighted by Crippen LogP contribution is 2.32. The first-order valence-corrected chi connectivity index (χ1v) is 8.70. The highest BCUT2D eigenvalue weighted by atomic mass is 32.2. The number of quaternary nitrogens is 1. The summed E-state index contributed by atoms with van der Waals surface area (Å²) in [5.74, 6) is -0.468. The minimum absolute atomic E-state index is 0.0106. The second-order valence-electron chi connectivity index (χ2n) is 5.59. The lowest BCUT2D eigenvalue weighted by Crippen LogP contribution is -2.47. The predicted molar refractivity (Wildman–Crippen MR) is 75.4 cm³/mol. The van der Waals surface area contributed by atoms with E-state index in [1.54, 1.807) is 6.07 Å². The highest BCUT2D eigenvalue weighted by molar-refractivity contribution is 7.90. The smallest absolute Gasteiger partial charge is 0.175 e. The summed E-state index contributed by atoms with van der Waals surface area (Å²) in [6.07, 6.45) is 2.41. The lowest BCUT2D eigenvalue weighted by atomic mass is 9.89. The third kappa shape index (κ3) is 3.37. The molecule has 0 spiro atoms. The van der Waals surface area contributed by atoms with Gasteiger partial charge in [0.05, 0.1) is 24.5 Å². The number of benzene rings is 1. The Balaban J connectivity index is 2.25. The summed E-state index contributed by atoms with van der Waals surface area (Å²) < 4.78 is 36.5. The van der Waals surface area contributed by atoms with E-state index < -0.39 is 15.7 Å². The molecule has 1 heterocycles. The second kappa shape index (κ2) is 5.42. The van der Waals surface area contributed by atoms with Crippen LogP contribution in [0.5, 0.6) is 0 Å². The van der Waals surface area contributed by atoms with E-state index >= 15 is 0 Å². The van der Waals surface area contributed by atoms with Gasteiger partial charge in [-0.15, -0.1) is 0 Å². The van der Waals surface area contributed by atoms with Gasteiger partial charge in [-0.3, -0.25) is 0 Å². The Morgan fingerprint density at radius 1 is 1.30 bits per heavy atom. The van der Waals surface area contributed by atoms with E-state index in [0.717, 1.165) is 12.3 Å². The van der Waals surface area contributed by atoms with Crippen molar-refractivity contribution < 1.29 is 17.5 Å². The molecule has 0 amide bonds. The van der Waals surface area contributed by atoms with Crippen LogP contribution in [0.4, 0.5) is 4.39 Å². The number of halogens is 1. The molecule has 1 aliphatic heterocycles. The van der Waals surface area contributed by atoms with E-state index in [0.29, 0.717) is 38.0 Å². The van der Waals surface area contributed by atoms with Crippen molar-refractivity contribution in [1.29, 1.82) is 0 Å². The van der Waals surface area contributed by atoms with Gasteiger partial charge in [0.25, 0.3) is 0 Å². The fraction of sp³-hybridized carbons (Fsp3) is 0.571. The third-order valence-corrected chi connectivity index (χ3v) is 5.23. The van der Waals surface area contributed by atoms with Gasteiger partial charge in [-0.1, -0.05) is 0 Å². The van der Waals surface area contributed by atoms with Crippen LogP contribution in [0, 0.1) is 11.0 Å². The van der Waals surface area contributed by atoms with Crippen molar-refractivity contribution in [3.05, 3.63) is 34.8 Å². The molecule has 112 valence electrons. The largest absolute Gasteiger partial charge is 0.633 e. The summed E-state index contributed by atoms with van der Waals surface area (Å²) in [7, 11) is -3.42. The Labute approximate surface area is 119 Å². The van der Waals surface area contributed by atoms with Gasteiger partial charge in [0, 0.05) is 19.1 Å². The van der Waals surface area contributed by atoms with Crippen molar-refractivity contribution in [1.82, 2.24) is 0 Å². The number of hydrogen-bond donors (Lipinski definition) is 0. The van der Waals surface area contributed by atoms with E-state index in [2.05, 4.69) is 0 Å². The predicted octanol–water partition coefficient (Wildman–Crippen LogP) is 2.44. The Morgan fingerprint density at radius 3 is 2.40 bits per heavy atom. The van der Waals surface area contributed by atoms with E-state index in [1.807, 2.05) is 6.92 Å². The normalized spacial score (nSPS) is 27.5. The van der Waals surface area contributed by atoms with Crippen LogP contribution in [0.25, 0.3) is 0 Å². The molecule has 1 saturated heterocycles. The van der Waals surface area contributed by atoms with E-state index in [-0.39, 0.29) is 15.5 Å². The molecule has 2 rings (SSSR count). The number of piperidine rings is 1. The molecule has 0 atom stereocenters. The summed E-state index contributed by atoms with van der Waals surface area (Å²) >= 11 is 0. The molecule has 6 heteroatoms. The molecule has 0 N–H and O–H groups in total. The molecule has 1 fully saturated rings. The summed E-state index contributed by atoms with van der Waals surface area (Å²) in [5, 5.41) is 12.1. The van der Waals surface area contributed by atoms with Crippen molar-refractivity contribution >= 4 is 9.84 Å². The molecule has 1 aromatic rings. The molecule has 0 aliphatic carbocycles. The van der Waals surface area contributed by atoms with Gasteiger partial charge in [-0.2, -0.15) is 0 Å². The Bertz CT molecular complexity index is 592. The molecule has 0 radical (unpaired) electrons. The van der Waals surface area contributed by atoms with E-state index in [9.17, 15) is 18.0 Å². The molecule has 20 heavy (non-hydrogen) atoms. The van der Waals surface area contributed by atoms with Crippen molar-refractivity contribution in [2.45, 2.75) is 30.6 Å². The summed E-state index contributed by atoms with van der Waals surface area (Å²) in [6, 6.07) is 3.97. The molecule has 0 saturated carbocycles. The second-order valence-corrected chi connectivity index (χ2v) is 7.60. The van der Waals surface area contributed by atoms with Crippen LogP contribution in [-0.4, -0.2) is 39.0 Å². The molecule has 4 nitrogen and oxygen atoms in total. The van der Waals surface area contributed by atoms with Crippen LogP contribution < -0.4 is 0 Å². The van der Waals surface area contributed by atoms with Crippen LogP contribution in [0.1, 0.15) is 31.2 Å². The van der Waals surface area contributed by atoms with Crippen LogP contribution in [0.2, 0.25) is 0 Å². The summed E-state index contributed by atoms with van der Waals surface area (Å²) in [6.45, 7) is 3.43. The standard InChI is InChI=1S/C14H20FNO3S/c1-3-16(17)6-4-11(5-7-16)12-8-13(15)10-14(9-12)20(2,18)19/h8-11H,3-7H2,1-2H3. The zero-order chi connectivity index (χ0) is 15.0. The van der Waals surface area contributed by atoms with Gasteiger partial charge in [0.1, 0.15) is 5.82 Å². The molecular formula is C14H20FNO3S. The number of hydrogen-bond acceptors (Lipinski definition) is 3. The van der Waals surface area contributed by atoms with Gasteiger partial charge >= 0.3 is 0 Å².